The molecule has 0 amide bonds. The first kappa shape index (κ1) is 22.7. The number of halogens is 2. The molecule has 0 saturated heterocycles. The average Bonchev–Trinajstić information content (AvgIpc) is 3.15. The summed E-state index contributed by atoms with van der Waals surface area (Å²) < 4.78 is 14.8. The fraction of sp³-hybridized carbons (Fsp3) is 0.240. The summed E-state index contributed by atoms with van der Waals surface area (Å²) in [6.45, 7) is 0. The van der Waals surface area contributed by atoms with Gasteiger partial charge in [0.1, 0.15) is 5.82 Å². The molecule has 5 rings (SSSR count). The summed E-state index contributed by atoms with van der Waals surface area (Å²) in [6.07, 6.45) is 0.582. The van der Waals surface area contributed by atoms with E-state index < -0.39 is 16.3 Å². The van der Waals surface area contributed by atoms with Crippen molar-refractivity contribution in [2.45, 2.75) is 33.9 Å². The Bertz CT molecular complexity index is 1290. The van der Waals surface area contributed by atoms with E-state index in [1.165, 1.54) is 30.0 Å². The molecule has 0 spiro atoms. The number of para-hydroxylation sites is 1. The van der Waals surface area contributed by atoms with E-state index in [4.69, 9.17) is 11.6 Å². The van der Waals surface area contributed by atoms with Gasteiger partial charge < -0.3 is 10.4 Å². The first-order valence-corrected chi connectivity index (χ1v) is 12.1. The van der Waals surface area contributed by atoms with Crippen LogP contribution in [0.2, 0.25) is 0 Å². The molecule has 0 radical (unpaired) electrons. The van der Waals surface area contributed by atoms with Gasteiger partial charge in [0.2, 0.25) is 0 Å². The predicted molar refractivity (Wildman–Crippen MR) is 129 cm³/mol. The average molecular weight is 499 g/mol. The van der Waals surface area contributed by atoms with Crippen LogP contribution in [0.15, 0.2) is 71.6 Å². The van der Waals surface area contributed by atoms with E-state index in [1.807, 2.05) is 0 Å². The summed E-state index contributed by atoms with van der Waals surface area (Å²) in [5.74, 6) is -1.74. The van der Waals surface area contributed by atoms with Gasteiger partial charge in [0.05, 0.1) is 26.8 Å². The molecule has 2 aliphatic rings. The summed E-state index contributed by atoms with van der Waals surface area (Å²) in [5, 5.41) is 23.8. The fourth-order valence-electron chi connectivity index (χ4n) is 5.15. The number of carboxylic acids is 1. The smallest absolute Gasteiger partial charge is 0.335 e. The molecule has 5 atom stereocenters. The van der Waals surface area contributed by atoms with Crippen molar-refractivity contribution in [1.29, 1.82) is 0 Å². The van der Waals surface area contributed by atoms with Crippen molar-refractivity contribution in [2.24, 2.45) is 5.92 Å². The second-order valence-electron chi connectivity index (χ2n) is 8.50. The van der Waals surface area contributed by atoms with Crippen LogP contribution in [-0.4, -0.2) is 26.6 Å². The van der Waals surface area contributed by atoms with Crippen LogP contribution in [0.3, 0.4) is 0 Å². The lowest BCUT2D eigenvalue weighted by molar-refractivity contribution is -0.387. The Morgan fingerprint density at radius 3 is 2.59 bits per heavy atom. The molecule has 34 heavy (non-hydrogen) atoms. The number of nitro groups is 1. The number of carboxylic acid groups (broad SMARTS) is 1. The van der Waals surface area contributed by atoms with Crippen LogP contribution >= 0.6 is 23.4 Å². The molecule has 1 fully saturated rings. The number of nitrogens with one attached hydrogen (secondary N) is 1. The van der Waals surface area contributed by atoms with E-state index in [0.29, 0.717) is 16.9 Å². The highest BCUT2D eigenvalue weighted by molar-refractivity contribution is 8.00. The summed E-state index contributed by atoms with van der Waals surface area (Å²) in [4.78, 5) is 23.3. The minimum atomic E-state index is -1.04. The normalized spacial score (nSPS) is 25.2. The number of thioether (sulfide) groups is 1. The molecule has 174 valence electrons. The Morgan fingerprint density at radius 2 is 1.85 bits per heavy atom. The first-order chi connectivity index (χ1) is 16.3. The van der Waals surface area contributed by atoms with Gasteiger partial charge in [-0.3, -0.25) is 10.1 Å². The summed E-state index contributed by atoms with van der Waals surface area (Å²) in [6, 6.07) is 17.6. The van der Waals surface area contributed by atoms with Gasteiger partial charge in [0, 0.05) is 28.5 Å². The van der Waals surface area contributed by atoms with Gasteiger partial charge in [-0.1, -0.05) is 30.3 Å². The molecule has 1 heterocycles. The number of anilines is 1. The lowest BCUT2D eigenvalue weighted by Crippen LogP contribution is -2.32. The Labute approximate surface area is 204 Å². The molecular formula is C25H20ClFN2O4S. The molecule has 0 bridgehead atoms. The minimum absolute atomic E-state index is 0.0172. The molecule has 2 N–H and O–H groups in total. The molecule has 1 saturated carbocycles. The van der Waals surface area contributed by atoms with E-state index in [0.717, 1.165) is 11.3 Å². The summed E-state index contributed by atoms with van der Waals surface area (Å²) in [7, 11) is 0. The van der Waals surface area contributed by atoms with E-state index in [9.17, 15) is 24.4 Å². The highest BCUT2D eigenvalue weighted by atomic mass is 35.5. The highest BCUT2D eigenvalue weighted by Gasteiger charge is 2.51. The fourth-order valence-corrected chi connectivity index (χ4v) is 7.10. The van der Waals surface area contributed by atoms with Gasteiger partial charge in [-0.25, -0.2) is 9.18 Å². The number of aromatic carboxylic acids is 1. The quantitative estimate of drug-likeness (QED) is 0.238. The van der Waals surface area contributed by atoms with Gasteiger partial charge >= 0.3 is 5.97 Å². The van der Waals surface area contributed by atoms with Crippen LogP contribution in [0.4, 0.5) is 15.8 Å². The van der Waals surface area contributed by atoms with Crippen LogP contribution in [0, 0.1) is 21.8 Å². The molecule has 3 aromatic carbocycles. The van der Waals surface area contributed by atoms with Gasteiger partial charge in [0.25, 0.3) is 5.69 Å². The Hall–Kier alpha value is -3.10. The Morgan fingerprint density at radius 1 is 1.12 bits per heavy atom. The number of nitrogens with zero attached hydrogens (tertiary/aromatic N) is 1. The zero-order valence-corrected chi connectivity index (χ0v) is 19.3. The maximum atomic E-state index is 14.8. The van der Waals surface area contributed by atoms with E-state index in [1.54, 1.807) is 48.5 Å². The lowest BCUT2D eigenvalue weighted by atomic mass is 9.76. The number of fused-ring (bicyclic) bond motifs is 3. The molecule has 3 aromatic rings. The van der Waals surface area contributed by atoms with Crippen molar-refractivity contribution >= 4 is 40.7 Å². The Kier molecular flexibility index (Phi) is 5.95. The summed E-state index contributed by atoms with van der Waals surface area (Å²) in [5.41, 5.74) is 2.20. The largest absolute Gasteiger partial charge is 0.478 e. The molecule has 9 heteroatoms. The van der Waals surface area contributed by atoms with Crippen molar-refractivity contribution in [3.05, 3.63) is 99.4 Å². The second-order valence-corrected chi connectivity index (χ2v) is 10.3. The first-order valence-electron chi connectivity index (χ1n) is 10.8. The van der Waals surface area contributed by atoms with Crippen LogP contribution in [0.5, 0.6) is 0 Å². The summed E-state index contributed by atoms with van der Waals surface area (Å²) >= 11 is 8.38. The number of benzene rings is 3. The third kappa shape index (κ3) is 3.91. The van der Waals surface area contributed by atoms with E-state index >= 15 is 0 Å². The van der Waals surface area contributed by atoms with Crippen molar-refractivity contribution < 1.29 is 19.2 Å². The maximum Gasteiger partial charge on any atom is 0.335 e. The van der Waals surface area contributed by atoms with Crippen LogP contribution < -0.4 is 5.32 Å². The molecule has 0 unspecified atom stereocenters. The van der Waals surface area contributed by atoms with Crippen LogP contribution in [0.1, 0.15) is 39.9 Å². The van der Waals surface area contributed by atoms with Crippen molar-refractivity contribution in [3.8, 4) is 0 Å². The third-order valence-electron chi connectivity index (χ3n) is 6.64. The zero-order chi connectivity index (χ0) is 24.0. The molecular weight excluding hydrogens is 479 g/mol. The number of alkyl halides is 1. The zero-order valence-electron chi connectivity index (χ0n) is 17.7. The minimum Gasteiger partial charge on any atom is -0.478 e. The number of hydrogen-bond donors (Lipinski definition) is 2. The molecule has 1 aliphatic heterocycles. The molecule has 6 nitrogen and oxygen atoms in total. The molecule has 0 aromatic heterocycles. The Balaban J connectivity index is 1.57. The number of rotatable bonds is 5. The second kappa shape index (κ2) is 8.92. The predicted octanol–water partition coefficient (Wildman–Crippen LogP) is 6.47. The lowest BCUT2D eigenvalue weighted by Gasteiger charge is -2.38. The van der Waals surface area contributed by atoms with E-state index in [2.05, 4.69) is 5.32 Å². The number of nitro benzene ring substituents is 1. The van der Waals surface area contributed by atoms with Crippen molar-refractivity contribution in [1.82, 2.24) is 0 Å². The molecule has 1 aliphatic carbocycles. The standard InChI is InChI=1S/C25H20ClFN2O4S/c26-23-21(34-20-8-4-3-7-19(20)29(32)33)12-16-22(23)15-11-13(25(30)31)9-10-18(15)28-24(16)14-5-1-2-6-17(14)27/h1-11,16,21-24,28H,12H2,(H,30,31)/t16-,21+,22-,23+,24-/m1/s1. The number of hydrogen-bond acceptors (Lipinski definition) is 5. The number of carbonyl (C=O) groups is 1. The monoisotopic (exact) mass is 498 g/mol. The maximum absolute atomic E-state index is 14.8. The van der Waals surface area contributed by atoms with Crippen molar-refractivity contribution in [3.63, 3.8) is 0 Å². The van der Waals surface area contributed by atoms with E-state index in [-0.39, 0.29) is 40.2 Å². The topological polar surface area (TPSA) is 92.5 Å². The highest BCUT2D eigenvalue weighted by Crippen LogP contribution is 2.58. The van der Waals surface area contributed by atoms with Gasteiger partial charge in [-0.05, 0) is 48.2 Å². The van der Waals surface area contributed by atoms with Gasteiger partial charge in [-0.2, -0.15) is 0 Å². The van der Waals surface area contributed by atoms with Gasteiger partial charge in [0.15, 0.2) is 0 Å². The third-order valence-corrected chi connectivity index (χ3v) is 8.75. The van der Waals surface area contributed by atoms with Crippen LogP contribution in [-0.2, 0) is 0 Å². The van der Waals surface area contributed by atoms with Crippen LogP contribution in [0.25, 0.3) is 0 Å². The van der Waals surface area contributed by atoms with Gasteiger partial charge in [-0.15, -0.1) is 23.4 Å². The SMILES string of the molecule is O=C(O)c1ccc2c(c1)[C@H]1[C@@H](Cl)[C@@H](Sc3ccccc3[N+](=O)[O-])C[C@H]1[C@@H](c1ccccc1F)N2. The van der Waals surface area contributed by atoms with Crippen molar-refractivity contribution in [2.75, 3.05) is 5.32 Å².